The summed E-state index contributed by atoms with van der Waals surface area (Å²) in [5.74, 6) is 0.853. The second kappa shape index (κ2) is 8.13. The van der Waals surface area contributed by atoms with E-state index in [9.17, 15) is 4.79 Å². The predicted molar refractivity (Wildman–Crippen MR) is 91.1 cm³/mol. The fourth-order valence-corrected chi connectivity index (χ4v) is 2.47. The summed E-state index contributed by atoms with van der Waals surface area (Å²) >= 11 is 5.86. The summed E-state index contributed by atoms with van der Waals surface area (Å²) in [6.07, 6.45) is 2.53. The van der Waals surface area contributed by atoms with Crippen LogP contribution in [0.4, 0.5) is 0 Å². The number of oxazole rings is 1. The minimum Gasteiger partial charge on any atom is -0.444 e. The van der Waals surface area contributed by atoms with Crippen LogP contribution in [0.3, 0.4) is 0 Å². The lowest BCUT2D eigenvalue weighted by Crippen LogP contribution is -2.41. The Hall–Kier alpha value is -1.85. The van der Waals surface area contributed by atoms with Crippen molar-refractivity contribution < 1.29 is 9.21 Å². The van der Waals surface area contributed by atoms with Gasteiger partial charge in [-0.1, -0.05) is 25.4 Å². The fourth-order valence-electron chi connectivity index (χ4n) is 2.34. The quantitative estimate of drug-likeness (QED) is 0.815. The molecule has 1 heterocycles. The van der Waals surface area contributed by atoms with Crippen molar-refractivity contribution in [2.45, 2.75) is 32.7 Å². The molecule has 0 saturated carbocycles. The Balaban J connectivity index is 1.95. The molecule has 0 aliphatic heterocycles. The van der Waals surface area contributed by atoms with E-state index < -0.39 is 0 Å². The highest BCUT2D eigenvalue weighted by Gasteiger charge is 2.15. The van der Waals surface area contributed by atoms with Crippen LogP contribution in [0.1, 0.15) is 26.0 Å². The molecule has 1 unspecified atom stereocenters. The SMILES string of the molecule is CC(C)CC(CN)NC(=O)Cc1coc(-c2ccc(Cl)cc2)n1. The summed E-state index contributed by atoms with van der Waals surface area (Å²) < 4.78 is 5.43. The number of hydrogen-bond acceptors (Lipinski definition) is 4. The summed E-state index contributed by atoms with van der Waals surface area (Å²) in [6.45, 7) is 4.63. The summed E-state index contributed by atoms with van der Waals surface area (Å²) in [5.41, 5.74) is 7.11. The van der Waals surface area contributed by atoms with Gasteiger partial charge in [-0.25, -0.2) is 4.98 Å². The van der Waals surface area contributed by atoms with Crippen LogP contribution in [0.15, 0.2) is 34.9 Å². The van der Waals surface area contributed by atoms with Crippen molar-refractivity contribution in [3.63, 3.8) is 0 Å². The van der Waals surface area contributed by atoms with Crippen molar-refractivity contribution in [2.75, 3.05) is 6.54 Å². The van der Waals surface area contributed by atoms with Crippen LogP contribution >= 0.6 is 11.6 Å². The van der Waals surface area contributed by atoms with E-state index in [1.807, 2.05) is 12.1 Å². The summed E-state index contributed by atoms with van der Waals surface area (Å²) in [5, 5.41) is 3.59. The lowest BCUT2D eigenvalue weighted by atomic mass is 10.0. The summed E-state index contributed by atoms with van der Waals surface area (Å²) in [4.78, 5) is 16.4. The number of aromatic nitrogens is 1. The molecule has 0 aliphatic rings. The summed E-state index contributed by atoms with van der Waals surface area (Å²) in [6, 6.07) is 7.18. The van der Waals surface area contributed by atoms with E-state index in [1.54, 1.807) is 12.1 Å². The molecule has 5 nitrogen and oxygen atoms in total. The number of carbonyl (C=O) groups is 1. The van der Waals surface area contributed by atoms with Gasteiger partial charge >= 0.3 is 0 Å². The number of benzene rings is 1. The van der Waals surface area contributed by atoms with Gasteiger partial charge in [0.15, 0.2) is 0 Å². The van der Waals surface area contributed by atoms with Gasteiger partial charge in [0.25, 0.3) is 0 Å². The highest BCUT2D eigenvalue weighted by atomic mass is 35.5. The van der Waals surface area contributed by atoms with Gasteiger partial charge < -0.3 is 15.5 Å². The van der Waals surface area contributed by atoms with Gasteiger partial charge in [-0.2, -0.15) is 0 Å². The number of amides is 1. The first-order chi connectivity index (χ1) is 11.0. The van der Waals surface area contributed by atoms with Gasteiger partial charge in [-0.3, -0.25) is 4.79 Å². The van der Waals surface area contributed by atoms with Gasteiger partial charge in [0.1, 0.15) is 6.26 Å². The van der Waals surface area contributed by atoms with Crippen LogP contribution in [0, 0.1) is 5.92 Å². The van der Waals surface area contributed by atoms with Crippen molar-refractivity contribution >= 4 is 17.5 Å². The molecule has 0 spiro atoms. The number of hydrogen-bond donors (Lipinski definition) is 2. The average Bonchev–Trinajstić information content (AvgIpc) is 2.95. The largest absolute Gasteiger partial charge is 0.444 e. The van der Waals surface area contributed by atoms with E-state index in [1.165, 1.54) is 6.26 Å². The molecule has 6 heteroatoms. The monoisotopic (exact) mass is 335 g/mol. The predicted octanol–water partition coefficient (Wildman–Crippen LogP) is 3.03. The number of halogens is 1. The molecule has 3 N–H and O–H groups in total. The maximum absolute atomic E-state index is 12.1. The number of nitrogens with zero attached hydrogens (tertiary/aromatic N) is 1. The fraction of sp³-hybridized carbons (Fsp3) is 0.412. The standard InChI is InChI=1S/C17H22ClN3O2/c1-11(2)7-14(9-19)20-16(22)8-15-10-23-17(21-15)12-3-5-13(18)6-4-12/h3-6,10-11,14H,7-9,19H2,1-2H3,(H,20,22). The average molecular weight is 336 g/mol. The Kier molecular flexibility index (Phi) is 6.19. The molecule has 0 bridgehead atoms. The van der Waals surface area contributed by atoms with E-state index in [4.69, 9.17) is 21.8 Å². The van der Waals surface area contributed by atoms with E-state index in [2.05, 4.69) is 24.1 Å². The Morgan fingerprint density at radius 1 is 1.35 bits per heavy atom. The van der Waals surface area contributed by atoms with Crippen molar-refractivity contribution in [2.24, 2.45) is 11.7 Å². The van der Waals surface area contributed by atoms with Gasteiger partial charge in [0, 0.05) is 23.2 Å². The zero-order chi connectivity index (χ0) is 16.8. The lowest BCUT2D eigenvalue weighted by Gasteiger charge is -2.18. The Morgan fingerprint density at radius 3 is 2.65 bits per heavy atom. The Morgan fingerprint density at radius 2 is 2.04 bits per heavy atom. The molecule has 1 aromatic heterocycles. The lowest BCUT2D eigenvalue weighted by molar-refractivity contribution is -0.121. The third-order valence-electron chi connectivity index (χ3n) is 3.39. The third-order valence-corrected chi connectivity index (χ3v) is 3.64. The van der Waals surface area contributed by atoms with Crippen LogP contribution in [-0.4, -0.2) is 23.5 Å². The molecule has 1 aromatic carbocycles. The molecular formula is C17H22ClN3O2. The summed E-state index contributed by atoms with van der Waals surface area (Å²) in [7, 11) is 0. The second-order valence-corrected chi connectivity index (χ2v) is 6.39. The smallest absolute Gasteiger partial charge is 0.226 e. The molecule has 0 saturated heterocycles. The number of rotatable bonds is 7. The molecule has 23 heavy (non-hydrogen) atoms. The molecule has 1 amide bonds. The molecule has 0 aliphatic carbocycles. The minimum atomic E-state index is -0.0999. The van der Waals surface area contributed by atoms with Crippen molar-refractivity contribution in [3.8, 4) is 11.5 Å². The first-order valence-electron chi connectivity index (χ1n) is 7.67. The number of nitrogens with two attached hydrogens (primary N) is 1. The van der Waals surface area contributed by atoms with E-state index >= 15 is 0 Å². The van der Waals surface area contributed by atoms with Gasteiger partial charge in [0.05, 0.1) is 12.1 Å². The molecule has 2 rings (SSSR count). The van der Waals surface area contributed by atoms with E-state index in [0.717, 1.165) is 12.0 Å². The topological polar surface area (TPSA) is 81.1 Å². The van der Waals surface area contributed by atoms with E-state index in [-0.39, 0.29) is 18.4 Å². The highest BCUT2D eigenvalue weighted by molar-refractivity contribution is 6.30. The Bertz CT molecular complexity index is 638. The maximum atomic E-state index is 12.1. The first-order valence-corrected chi connectivity index (χ1v) is 8.05. The third kappa shape index (κ3) is 5.37. The van der Waals surface area contributed by atoms with Crippen LogP contribution < -0.4 is 11.1 Å². The molecule has 2 aromatic rings. The molecule has 1 atom stereocenters. The van der Waals surface area contributed by atoms with Crippen LogP contribution in [0.5, 0.6) is 0 Å². The van der Waals surface area contributed by atoms with Crippen LogP contribution in [0.2, 0.25) is 5.02 Å². The van der Waals surface area contributed by atoms with Gasteiger partial charge in [-0.05, 0) is 36.6 Å². The van der Waals surface area contributed by atoms with Gasteiger partial charge in [0.2, 0.25) is 11.8 Å². The minimum absolute atomic E-state index is 0.00913. The first kappa shape index (κ1) is 17.5. The Labute approximate surface area is 141 Å². The zero-order valence-corrected chi connectivity index (χ0v) is 14.1. The molecule has 124 valence electrons. The van der Waals surface area contributed by atoms with Crippen molar-refractivity contribution in [3.05, 3.63) is 41.2 Å². The van der Waals surface area contributed by atoms with Crippen molar-refractivity contribution in [1.29, 1.82) is 0 Å². The zero-order valence-electron chi connectivity index (χ0n) is 13.4. The second-order valence-electron chi connectivity index (χ2n) is 5.96. The number of nitrogens with one attached hydrogen (secondary N) is 1. The molecule has 0 radical (unpaired) electrons. The van der Waals surface area contributed by atoms with Gasteiger partial charge in [-0.15, -0.1) is 0 Å². The van der Waals surface area contributed by atoms with Crippen LogP contribution in [-0.2, 0) is 11.2 Å². The molecular weight excluding hydrogens is 314 g/mol. The molecule has 0 fully saturated rings. The highest BCUT2D eigenvalue weighted by Crippen LogP contribution is 2.21. The van der Waals surface area contributed by atoms with E-state index in [0.29, 0.717) is 29.1 Å². The van der Waals surface area contributed by atoms with Crippen LogP contribution in [0.25, 0.3) is 11.5 Å². The van der Waals surface area contributed by atoms with Crippen molar-refractivity contribution in [1.82, 2.24) is 10.3 Å². The maximum Gasteiger partial charge on any atom is 0.226 e. The number of carbonyl (C=O) groups excluding carboxylic acids is 1. The normalized spacial score (nSPS) is 12.4.